The number of likely N-dealkylation sites (tertiary alicyclic amines) is 1. The lowest BCUT2D eigenvalue weighted by Crippen LogP contribution is -2.56. The lowest BCUT2D eigenvalue weighted by molar-refractivity contribution is -0.123. The second-order valence-electron chi connectivity index (χ2n) is 6.67. The van der Waals surface area contributed by atoms with E-state index in [-0.39, 0.29) is 18.0 Å². The van der Waals surface area contributed by atoms with Crippen LogP contribution < -0.4 is 5.32 Å². The van der Waals surface area contributed by atoms with Gasteiger partial charge in [-0.15, -0.1) is 0 Å². The minimum Gasteiger partial charge on any atom is -0.389 e. The summed E-state index contributed by atoms with van der Waals surface area (Å²) in [6.45, 7) is 2.86. The number of nitrogens with one attached hydrogen (secondary N) is 1. The van der Waals surface area contributed by atoms with E-state index in [1.165, 1.54) is 19.2 Å². The van der Waals surface area contributed by atoms with Gasteiger partial charge in [-0.25, -0.2) is 4.98 Å². The average Bonchev–Trinajstić information content (AvgIpc) is 3.22. The van der Waals surface area contributed by atoms with Crippen LogP contribution in [0, 0.1) is 0 Å². The second kappa shape index (κ2) is 7.88. The molecule has 1 aromatic heterocycles. The minimum atomic E-state index is -0.443. The Kier molecular flexibility index (Phi) is 5.61. The Morgan fingerprint density at radius 1 is 1.26 bits per heavy atom. The van der Waals surface area contributed by atoms with E-state index in [4.69, 9.17) is 0 Å². The molecule has 2 fully saturated rings. The lowest BCUT2D eigenvalue weighted by atomic mass is 9.87. The van der Waals surface area contributed by atoms with E-state index in [1.807, 2.05) is 0 Å². The van der Waals surface area contributed by atoms with E-state index < -0.39 is 6.10 Å². The van der Waals surface area contributed by atoms with Crippen molar-refractivity contribution in [1.82, 2.24) is 25.0 Å². The van der Waals surface area contributed by atoms with Crippen molar-refractivity contribution in [3.05, 3.63) is 12.7 Å². The van der Waals surface area contributed by atoms with Gasteiger partial charge >= 0.3 is 0 Å². The summed E-state index contributed by atoms with van der Waals surface area (Å²) in [6.07, 6.45) is 9.33. The Morgan fingerprint density at radius 3 is 2.83 bits per heavy atom. The molecule has 0 bridgehead atoms. The molecular formula is C16H27N5O2. The summed E-state index contributed by atoms with van der Waals surface area (Å²) in [4.78, 5) is 18.4. The van der Waals surface area contributed by atoms with E-state index in [0.717, 1.165) is 38.8 Å². The summed E-state index contributed by atoms with van der Waals surface area (Å²) in [5, 5.41) is 17.7. The molecule has 23 heavy (non-hydrogen) atoms. The molecule has 0 spiro atoms. The Morgan fingerprint density at radius 2 is 2.09 bits per heavy atom. The Labute approximate surface area is 137 Å². The first-order valence-electron chi connectivity index (χ1n) is 8.78. The molecule has 2 aliphatic rings. The summed E-state index contributed by atoms with van der Waals surface area (Å²) in [7, 11) is 0. The third-order valence-corrected chi connectivity index (χ3v) is 5.04. The van der Waals surface area contributed by atoms with Gasteiger partial charge in [-0.05, 0) is 51.6 Å². The van der Waals surface area contributed by atoms with Gasteiger partial charge < -0.3 is 10.4 Å². The number of aliphatic hydroxyl groups is 1. The summed E-state index contributed by atoms with van der Waals surface area (Å²) >= 11 is 0. The van der Waals surface area contributed by atoms with E-state index in [2.05, 4.69) is 20.3 Å². The second-order valence-corrected chi connectivity index (χ2v) is 6.67. The zero-order valence-corrected chi connectivity index (χ0v) is 13.6. The highest BCUT2D eigenvalue weighted by molar-refractivity contribution is 5.76. The van der Waals surface area contributed by atoms with Crippen molar-refractivity contribution in [1.29, 1.82) is 0 Å². The maximum atomic E-state index is 12.1. The van der Waals surface area contributed by atoms with Crippen molar-refractivity contribution in [3.63, 3.8) is 0 Å². The SMILES string of the molecule is O=C(CCCn1cncn1)N[C@@H]1CCC[C@@H](N2CCCC2)[C@@H]1O. The molecule has 128 valence electrons. The fraction of sp³-hybridized carbons (Fsp3) is 0.812. The van der Waals surface area contributed by atoms with Gasteiger partial charge in [-0.2, -0.15) is 5.10 Å². The first kappa shape index (κ1) is 16.4. The maximum absolute atomic E-state index is 12.1. The molecule has 0 radical (unpaired) electrons. The van der Waals surface area contributed by atoms with Crippen LogP contribution in [0.4, 0.5) is 0 Å². The van der Waals surface area contributed by atoms with Crippen LogP contribution in [0.2, 0.25) is 0 Å². The van der Waals surface area contributed by atoms with Gasteiger partial charge in [0.1, 0.15) is 12.7 Å². The number of hydrogen-bond donors (Lipinski definition) is 2. The van der Waals surface area contributed by atoms with Crippen molar-refractivity contribution in [2.24, 2.45) is 0 Å². The normalized spacial score (nSPS) is 28.8. The molecule has 2 N–H and O–H groups in total. The molecule has 3 atom stereocenters. The number of aliphatic hydroxyl groups excluding tert-OH is 1. The first-order valence-corrected chi connectivity index (χ1v) is 8.78. The highest BCUT2D eigenvalue weighted by Gasteiger charge is 2.36. The van der Waals surface area contributed by atoms with Crippen LogP contribution in [0.1, 0.15) is 44.9 Å². The van der Waals surface area contributed by atoms with Crippen LogP contribution in [-0.4, -0.2) is 62.0 Å². The molecule has 2 heterocycles. The fourth-order valence-corrected chi connectivity index (χ4v) is 3.81. The number of aryl methyl sites for hydroxylation is 1. The summed E-state index contributed by atoms with van der Waals surface area (Å²) in [5.74, 6) is 0.0243. The first-order chi connectivity index (χ1) is 11.2. The molecule has 1 amide bonds. The number of hydrogen-bond acceptors (Lipinski definition) is 5. The number of rotatable bonds is 6. The molecule has 3 rings (SSSR count). The Balaban J connectivity index is 1.43. The molecule has 7 heteroatoms. The van der Waals surface area contributed by atoms with Crippen LogP contribution in [0.5, 0.6) is 0 Å². The van der Waals surface area contributed by atoms with Crippen LogP contribution >= 0.6 is 0 Å². The van der Waals surface area contributed by atoms with E-state index in [0.29, 0.717) is 13.0 Å². The van der Waals surface area contributed by atoms with Crippen LogP contribution in [-0.2, 0) is 11.3 Å². The van der Waals surface area contributed by atoms with Gasteiger partial charge in [0.15, 0.2) is 0 Å². The quantitative estimate of drug-likeness (QED) is 0.799. The molecule has 1 aromatic rings. The maximum Gasteiger partial charge on any atom is 0.220 e. The smallest absolute Gasteiger partial charge is 0.220 e. The van der Waals surface area contributed by atoms with Gasteiger partial charge in [0, 0.05) is 19.0 Å². The van der Waals surface area contributed by atoms with Crippen molar-refractivity contribution >= 4 is 5.91 Å². The van der Waals surface area contributed by atoms with Crippen LogP contribution in [0.15, 0.2) is 12.7 Å². The van der Waals surface area contributed by atoms with Crippen molar-refractivity contribution in [2.45, 2.75) is 69.7 Å². The van der Waals surface area contributed by atoms with Gasteiger partial charge in [0.2, 0.25) is 5.91 Å². The fourth-order valence-electron chi connectivity index (χ4n) is 3.81. The van der Waals surface area contributed by atoms with E-state index in [9.17, 15) is 9.90 Å². The van der Waals surface area contributed by atoms with Crippen LogP contribution in [0.3, 0.4) is 0 Å². The van der Waals surface area contributed by atoms with E-state index in [1.54, 1.807) is 11.0 Å². The topological polar surface area (TPSA) is 83.3 Å². The number of aromatic nitrogens is 3. The molecule has 0 aromatic carbocycles. The van der Waals surface area contributed by atoms with Crippen molar-refractivity contribution in [2.75, 3.05) is 13.1 Å². The zero-order chi connectivity index (χ0) is 16.1. The highest BCUT2D eigenvalue weighted by Crippen LogP contribution is 2.26. The predicted molar refractivity (Wildman–Crippen MR) is 85.6 cm³/mol. The van der Waals surface area contributed by atoms with Crippen LogP contribution in [0.25, 0.3) is 0 Å². The molecule has 1 aliphatic heterocycles. The number of nitrogens with zero attached hydrogens (tertiary/aromatic N) is 4. The molecule has 7 nitrogen and oxygen atoms in total. The summed E-state index contributed by atoms with van der Waals surface area (Å²) < 4.78 is 1.73. The highest BCUT2D eigenvalue weighted by atomic mass is 16.3. The number of carbonyl (C=O) groups is 1. The molecule has 1 saturated heterocycles. The number of carbonyl (C=O) groups excluding carboxylic acids is 1. The van der Waals surface area contributed by atoms with Crippen molar-refractivity contribution in [3.8, 4) is 0 Å². The summed E-state index contributed by atoms with van der Waals surface area (Å²) in [5.41, 5.74) is 0. The van der Waals surface area contributed by atoms with Gasteiger partial charge in [-0.1, -0.05) is 0 Å². The molecule has 1 saturated carbocycles. The number of amides is 1. The molecule has 1 aliphatic carbocycles. The van der Waals surface area contributed by atoms with Gasteiger partial charge in [0.05, 0.1) is 12.1 Å². The zero-order valence-electron chi connectivity index (χ0n) is 13.6. The third kappa shape index (κ3) is 4.29. The average molecular weight is 321 g/mol. The minimum absolute atomic E-state index is 0.0243. The molecular weight excluding hydrogens is 294 g/mol. The van der Waals surface area contributed by atoms with E-state index >= 15 is 0 Å². The van der Waals surface area contributed by atoms with Gasteiger partial charge in [-0.3, -0.25) is 14.4 Å². The Hall–Kier alpha value is -1.47. The van der Waals surface area contributed by atoms with Gasteiger partial charge in [0.25, 0.3) is 0 Å². The van der Waals surface area contributed by atoms with Crippen molar-refractivity contribution < 1.29 is 9.90 Å². The molecule has 0 unspecified atom stereocenters. The summed E-state index contributed by atoms with van der Waals surface area (Å²) in [6, 6.07) is 0.111. The standard InChI is InChI=1S/C16H27N5O2/c22-15(7-4-10-21-12-17-11-18-21)19-13-5-3-6-14(16(13)23)20-8-1-2-9-20/h11-14,16,23H,1-10H2,(H,19,22)/t13-,14-,16-/m1/s1. The predicted octanol–water partition coefficient (Wildman–Crippen LogP) is 0.552. The third-order valence-electron chi connectivity index (χ3n) is 5.04. The largest absolute Gasteiger partial charge is 0.389 e. The Bertz CT molecular complexity index is 487. The monoisotopic (exact) mass is 321 g/mol. The lowest BCUT2D eigenvalue weighted by Gasteiger charge is -2.40.